The Morgan fingerprint density at radius 2 is 1.85 bits per heavy atom. The molecule has 2 aromatic carbocycles. The van der Waals surface area contributed by atoms with Gasteiger partial charge in [0.05, 0.1) is 19.1 Å². The monoisotopic (exact) mass is 365 g/mol. The van der Waals surface area contributed by atoms with E-state index in [1.165, 1.54) is 0 Å². The van der Waals surface area contributed by atoms with Gasteiger partial charge in [0.25, 0.3) is 0 Å². The van der Waals surface area contributed by atoms with Gasteiger partial charge in [0.15, 0.2) is 5.11 Å². The standard InChI is InChI=1S/C19H19N5OS/c1-14(15-3-7-17(8-4-15)24-12-11-20-13-24)22-23-19(26)21-16-5-9-18(25-2)10-6-16/h3-13H,1-2H3,(H2,21,23,26)/b22-14+. The van der Waals surface area contributed by atoms with Crippen LogP contribution >= 0.6 is 12.2 Å². The zero-order valence-electron chi connectivity index (χ0n) is 14.5. The molecular formula is C19H19N5OS. The van der Waals surface area contributed by atoms with Crippen molar-refractivity contribution in [2.75, 3.05) is 12.4 Å². The first-order valence-electron chi connectivity index (χ1n) is 8.00. The summed E-state index contributed by atoms with van der Waals surface area (Å²) < 4.78 is 7.08. The minimum atomic E-state index is 0.421. The van der Waals surface area contributed by atoms with E-state index in [4.69, 9.17) is 17.0 Å². The molecule has 0 saturated carbocycles. The van der Waals surface area contributed by atoms with Crippen molar-refractivity contribution in [2.45, 2.75) is 6.92 Å². The summed E-state index contributed by atoms with van der Waals surface area (Å²) in [6.45, 7) is 1.93. The Balaban J connectivity index is 1.59. The topological polar surface area (TPSA) is 63.5 Å². The zero-order valence-corrected chi connectivity index (χ0v) is 15.3. The Morgan fingerprint density at radius 3 is 2.46 bits per heavy atom. The molecule has 0 aliphatic carbocycles. The molecule has 2 N–H and O–H groups in total. The lowest BCUT2D eigenvalue weighted by atomic mass is 10.1. The van der Waals surface area contributed by atoms with Crippen LogP contribution in [-0.4, -0.2) is 27.5 Å². The number of nitrogens with one attached hydrogen (secondary N) is 2. The smallest absolute Gasteiger partial charge is 0.191 e. The van der Waals surface area contributed by atoms with E-state index in [1.54, 1.807) is 19.6 Å². The van der Waals surface area contributed by atoms with Crippen LogP contribution in [0, 0.1) is 0 Å². The summed E-state index contributed by atoms with van der Waals surface area (Å²) in [7, 11) is 1.63. The first kappa shape index (κ1) is 17.6. The molecule has 0 amide bonds. The summed E-state index contributed by atoms with van der Waals surface area (Å²) in [5, 5.41) is 7.83. The Hall–Kier alpha value is -3.19. The third-order valence-corrected chi connectivity index (χ3v) is 3.95. The van der Waals surface area contributed by atoms with Crippen LogP contribution in [0.5, 0.6) is 5.75 Å². The van der Waals surface area contributed by atoms with Crippen LogP contribution in [0.4, 0.5) is 5.69 Å². The fourth-order valence-corrected chi connectivity index (χ4v) is 2.48. The van der Waals surface area contributed by atoms with E-state index in [-0.39, 0.29) is 0 Å². The molecule has 26 heavy (non-hydrogen) atoms. The molecule has 0 atom stereocenters. The van der Waals surface area contributed by atoms with Crippen LogP contribution in [0.3, 0.4) is 0 Å². The summed E-state index contributed by atoms with van der Waals surface area (Å²) in [5.74, 6) is 0.794. The van der Waals surface area contributed by atoms with Crippen molar-refractivity contribution in [3.05, 3.63) is 72.8 Å². The Bertz CT molecular complexity index is 887. The normalized spacial score (nSPS) is 11.1. The fraction of sp³-hybridized carbons (Fsp3) is 0.105. The van der Waals surface area contributed by atoms with Crippen LogP contribution in [0.2, 0.25) is 0 Å². The fourth-order valence-electron chi connectivity index (χ4n) is 2.32. The highest BCUT2D eigenvalue weighted by atomic mass is 32.1. The molecule has 1 heterocycles. The molecule has 132 valence electrons. The van der Waals surface area contributed by atoms with Gasteiger partial charge in [0.2, 0.25) is 0 Å². The molecule has 1 aromatic heterocycles. The summed E-state index contributed by atoms with van der Waals surface area (Å²) >= 11 is 5.27. The number of methoxy groups -OCH3 is 1. The van der Waals surface area contributed by atoms with Crippen molar-refractivity contribution < 1.29 is 4.74 Å². The van der Waals surface area contributed by atoms with Gasteiger partial charge < -0.3 is 14.6 Å². The average molecular weight is 365 g/mol. The number of hydrogen-bond acceptors (Lipinski definition) is 4. The number of nitrogens with zero attached hydrogens (tertiary/aromatic N) is 3. The van der Waals surface area contributed by atoms with Gasteiger partial charge in [-0.05, 0) is 61.1 Å². The van der Waals surface area contributed by atoms with Crippen molar-refractivity contribution in [3.8, 4) is 11.4 Å². The number of benzene rings is 2. The quantitative estimate of drug-likeness (QED) is 0.411. The molecule has 6 nitrogen and oxygen atoms in total. The Labute approximate surface area is 157 Å². The minimum Gasteiger partial charge on any atom is -0.497 e. The largest absolute Gasteiger partial charge is 0.497 e. The van der Waals surface area contributed by atoms with E-state index in [0.29, 0.717) is 5.11 Å². The van der Waals surface area contributed by atoms with Crippen molar-refractivity contribution in [2.24, 2.45) is 5.10 Å². The second-order valence-electron chi connectivity index (χ2n) is 5.51. The predicted molar refractivity (Wildman–Crippen MR) is 108 cm³/mol. The van der Waals surface area contributed by atoms with Crippen LogP contribution in [0.1, 0.15) is 12.5 Å². The average Bonchev–Trinajstić information content (AvgIpc) is 3.21. The molecule has 0 bridgehead atoms. The minimum absolute atomic E-state index is 0.421. The van der Waals surface area contributed by atoms with Gasteiger partial charge in [0, 0.05) is 23.8 Å². The number of rotatable bonds is 5. The maximum atomic E-state index is 5.27. The highest BCUT2D eigenvalue weighted by Crippen LogP contribution is 2.15. The van der Waals surface area contributed by atoms with Crippen molar-refractivity contribution in [1.29, 1.82) is 0 Å². The SMILES string of the molecule is COc1ccc(NC(=S)N/N=C(\C)c2ccc(-n3ccnc3)cc2)cc1. The van der Waals surface area contributed by atoms with Crippen LogP contribution in [-0.2, 0) is 0 Å². The number of thiocarbonyl (C=S) groups is 1. The van der Waals surface area contributed by atoms with E-state index in [0.717, 1.165) is 28.4 Å². The van der Waals surface area contributed by atoms with E-state index < -0.39 is 0 Å². The second-order valence-corrected chi connectivity index (χ2v) is 5.92. The molecule has 3 aromatic rings. The van der Waals surface area contributed by atoms with Gasteiger partial charge in [-0.15, -0.1) is 0 Å². The molecule has 0 spiro atoms. The number of hydrogen-bond donors (Lipinski definition) is 2. The van der Waals surface area contributed by atoms with Gasteiger partial charge in [-0.1, -0.05) is 12.1 Å². The third kappa shape index (κ3) is 4.46. The lowest BCUT2D eigenvalue weighted by Crippen LogP contribution is -2.24. The first-order chi connectivity index (χ1) is 12.7. The van der Waals surface area contributed by atoms with Crippen molar-refractivity contribution in [3.63, 3.8) is 0 Å². The second kappa shape index (κ2) is 8.26. The molecule has 0 fully saturated rings. The van der Waals surface area contributed by atoms with E-state index in [9.17, 15) is 0 Å². The number of aromatic nitrogens is 2. The lowest BCUT2D eigenvalue weighted by molar-refractivity contribution is 0.415. The number of anilines is 1. The van der Waals surface area contributed by atoms with E-state index in [1.807, 2.05) is 66.2 Å². The van der Waals surface area contributed by atoms with Gasteiger partial charge in [0.1, 0.15) is 5.75 Å². The van der Waals surface area contributed by atoms with Gasteiger partial charge in [-0.2, -0.15) is 5.10 Å². The van der Waals surface area contributed by atoms with Gasteiger partial charge >= 0.3 is 0 Å². The summed E-state index contributed by atoms with van der Waals surface area (Å²) in [4.78, 5) is 4.05. The highest BCUT2D eigenvalue weighted by molar-refractivity contribution is 7.80. The van der Waals surface area contributed by atoms with Crippen molar-refractivity contribution in [1.82, 2.24) is 15.0 Å². The summed E-state index contributed by atoms with van der Waals surface area (Å²) in [5.41, 5.74) is 6.61. The molecule has 3 rings (SSSR count). The van der Waals surface area contributed by atoms with Crippen LogP contribution in [0.15, 0.2) is 72.4 Å². The summed E-state index contributed by atoms with van der Waals surface area (Å²) in [6, 6.07) is 15.6. The zero-order chi connectivity index (χ0) is 18.4. The molecule has 0 aliphatic heterocycles. The predicted octanol–water partition coefficient (Wildman–Crippen LogP) is 3.59. The molecular weight excluding hydrogens is 346 g/mol. The Morgan fingerprint density at radius 1 is 1.12 bits per heavy atom. The highest BCUT2D eigenvalue weighted by Gasteiger charge is 2.01. The Kier molecular flexibility index (Phi) is 5.60. The van der Waals surface area contributed by atoms with Gasteiger partial charge in [-0.25, -0.2) is 4.98 Å². The van der Waals surface area contributed by atoms with E-state index >= 15 is 0 Å². The van der Waals surface area contributed by atoms with Crippen LogP contribution in [0.25, 0.3) is 5.69 Å². The first-order valence-corrected chi connectivity index (χ1v) is 8.40. The molecule has 0 radical (unpaired) electrons. The van der Waals surface area contributed by atoms with Crippen LogP contribution < -0.4 is 15.5 Å². The maximum Gasteiger partial charge on any atom is 0.191 e. The maximum absolute atomic E-state index is 5.27. The molecule has 7 heteroatoms. The lowest BCUT2D eigenvalue weighted by Gasteiger charge is -2.09. The summed E-state index contributed by atoms with van der Waals surface area (Å²) in [6.07, 6.45) is 5.42. The molecule has 0 aliphatic rings. The number of ether oxygens (including phenoxy) is 1. The number of imidazole rings is 1. The van der Waals surface area contributed by atoms with E-state index in [2.05, 4.69) is 20.8 Å². The van der Waals surface area contributed by atoms with Crippen molar-refractivity contribution >= 4 is 28.7 Å². The third-order valence-electron chi connectivity index (χ3n) is 3.76. The molecule has 0 unspecified atom stereocenters. The molecule has 0 saturated heterocycles. The van der Waals surface area contributed by atoms with Gasteiger partial charge in [-0.3, -0.25) is 5.43 Å². The number of hydrazone groups is 1.